The Bertz CT molecular complexity index is 858. The molecule has 0 bridgehead atoms. The number of nitrogens with one attached hydrogen (secondary N) is 4. The minimum Gasteiger partial charge on any atom is -0.481 e. The van der Waals surface area contributed by atoms with Crippen LogP contribution in [-0.4, -0.2) is 74.0 Å². The highest BCUT2D eigenvalue weighted by atomic mass is 16.4. The second kappa shape index (κ2) is 13.3. The first-order valence-corrected chi connectivity index (χ1v) is 11.0. The van der Waals surface area contributed by atoms with Gasteiger partial charge in [-0.25, -0.2) is 9.78 Å². The number of aromatic amines is 1. The molecule has 8 N–H and O–H groups in total. The lowest BCUT2D eigenvalue weighted by molar-refractivity contribution is -0.144. The Labute approximate surface area is 197 Å². The number of aromatic nitrogens is 2. The molecule has 0 saturated carbocycles. The summed E-state index contributed by atoms with van der Waals surface area (Å²) in [6.45, 7) is 6.82. The molecule has 1 aromatic rings. The molecule has 34 heavy (non-hydrogen) atoms. The highest BCUT2D eigenvalue weighted by Gasteiger charge is 2.33. The lowest BCUT2D eigenvalue weighted by atomic mass is 9.96. The predicted octanol–water partition coefficient (Wildman–Crippen LogP) is -1.00. The van der Waals surface area contributed by atoms with Crippen molar-refractivity contribution in [2.45, 2.75) is 71.1 Å². The lowest BCUT2D eigenvalue weighted by Gasteiger charge is -2.28. The van der Waals surface area contributed by atoms with Crippen molar-refractivity contribution in [1.82, 2.24) is 25.9 Å². The summed E-state index contributed by atoms with van der Waals surface area (Å²) < 4.78 is 0. The van der Waals surface area contributed by atoms with Crippen LogP contribution in [0.3, 0.4) is 0 Å². The number of H-pyrrole nitrogens is 1. The van der Waals surface area contributed by atoms with E-state index in [2.05, 4.69) is 25.9 Å². The number of imidazole rings is 1. The maximum Gasteiger partial charge on any atom is 0.326 e. The zero-order valence-electron chi connectivity index (χ0n) is 19.7. The van der Waals surface area contributed by atoms with Gasteiger partial charge in [-0.2, -0.15) is 0 Å². The first-order valence-electron chi connectivity index (χ1n) is 11.0. The van der Waals surface area contributed by atoms with Crippen molar-refractivity contribution in [3.05, 3.63) is 18.2 Å². The number of aliphatic carboxylic acids is 2. The van der Waals surface area contributed by atoms with Crippen LogP contribution in [0.4, 0.5) is 0 Å². The average Bonchev–Trinajstić information content (AvgIpc) is 3.26. The Morgan fingerprint density at radius 1 is 1.00 bits per heavy atom. The van der Waals surface area contributed by atoms with Crippen molar-refractivity contribution in [2.24, 2.45) is 17.6 Å². The zero-order valence-corrected chi connectivity index (χ0v) is 19.7. The van der Waals surface area contributed by atoms with Gasteiger partial charge in [-0.15, -0.1) is 0 Å². The molecule has 0 fully saturated rings. The van der Waals surface area contributed by atoms with Gasteiger partial charge in [0, 0.05) is 18.3 Å². The minimum atomic E-state index is -1.38. The molecule has 0 aromatic carbocycles. The molecule has 13 nitrogen and oxygen atoms in total. The molecule has 5 unspecified atom stereocenters. The van der Waals surface area contributed by atoms with Gasteiger partial charge in [0.2, 0.25) is 17.7 Å². The van der Waals surface area contributed by atoms with E-state index >= 15 is 0 Å². The SMILES string of the molecule is CCC(C)C(NC(=O)C(Cc1cnc[nH]1)NC(=O)C(N)CC(=O)O)C(=O)NC(C(=O)O)C(C)C. The Morgan fingerprint density at radius 3 is 2.09 bits per heavy atom. The number of nitrogens with zero attached hydrogens (tertiary/aromatic N) is 1. The summed E-state index contributed by atoms with van der Waals surface area (Å²) in [4.78, 5) is 67.4. The smallest absolute Gasteiger partial charge is 0.326 e. The van der Waals surface area contributed by atoms with Crippen LogP contribution in [0.2, 0.25) is 0 Å². The summed E-state index contributed by atoms with van der Waals surface area (Å²) in [6, 6.07) is -4.81. The molecule has 0 spiro atoms. The summed E-state index contributed by atoms with van der Waals surface area (Å²) >= 11 is 0. The summed E-state index contributed by atoms with van der Waals surface area (Å²) in [5.74, 6) is -5.46. The van der Waals surface area contributed by atoms with E-state index in [0.717, 1.165) is 0 Å². The van der Waals surface area contributed by atoms with E-state index < -0.39 is 66.2 Å². The van der Waals surface area contributed by atoms with E-state index in [1.807, 2.05) is 6.92 Å². The van der Waals surface area contributed by atoms with Crippen LogP contribution in [0.15, 0.2) is 12.5 Å². The van der Waals surface area contributed by atoms with E-state index in [0.29, 0.717) is 12.1 Å². The summed E-state index contributed by atoms with van der Waals surface area (Å²) in [5.41, 5.74) is 6.11. The quantitative estimate of drug-likeness (QED) is 0.173. The van der Waals surface area contributed by atoms with E-state index in [9.17, 15) is 29.1 Å². The van der Waals surface area contributed by atoms with Crippen molar-refractivity contribution in [3.8, 4) is 0 Å². The van der Waals surface area contributed by atoms with Gasteiger partial charge in [-0.1, -0.05) is 34.1 Å². The number of nitrogens with two attached hydrogens (primary N) is 1. The maximum atomic E-state index is 13.1. The third-order valence-electron chi connectivity index (χ3n) is 5.37. The predicted molar refractivity (Wildman–Crippen MR) is 120 cm³/mol. The molecular weight excluding hydrogens is 448 g/mol. The molecule has 0 aliphatic heterocycles. The largest absolute Gasteiger partial charge is 0.481 e. The van der Waals surface area contributed by atoms with Gasteiger partial charge < -0.3 is 36.9 Å². The normalized spacial score (nSPS) is 15.5. The Hall–Kier alpha value is -3.48. The highest BCUT2D eigenvalue weighted by molar-refractivity contribution is 5.95. The molecule has 190 valence electrons. The van der Waals surface area contributed by atoms with Gasteiger partial charge in [0.25, 0.3) is 0 Å². The van der Waals surface area contributed by atoms with Crippen molar-refractivity contribution in [1.29, 1.82) is 0 Å². The molecule has 5 atom stereocenters. The minimum absolute atomic E-state index is 0.0318. The van der Waals surface area contributed by atoms with E-state index in [4.69, 9.17) is 10.8 Å². The third kappa shape index (κ3) is 8.81. The van der Waals surface area contributed by atoms with Crippen molar-refractivity contribution >= 4 is 29.7 Å². The molecule has 0 aliphatic rings. The first-order chi connectivity index (χ1) is 15.9. The first kappa shape index (κ1) is 28.6. The van der Waals surface area contributed by atoms with Crippen LogP contribution in [-0.2, 0) is 30.4 Å². The number of hydrogen-bond acceptors (Lipinski definition) is 7. The van der Waals surface area contributed by atoms with Gasteiger partial charge in [-0.3, -0.25) is 19.2 Å². The van der Waals surface area contributed by atoms with Crippen LogP contribution in [0.5, 0.6) is 0 Å². The molecule has 1 aromatic heterocycles. The molecule has 1 heterocycles. The molecule has 1 rings (SSSR count). The third-order valence-corrected chi connectivity index (χ3v) is 5.37. The molecule has 0 saturated heterocycles. The lowest BCUT2D eigenvalue weighted by Crippen LogP contribution is -2.59. The number of carbonyl (C=O) groups is 5. The monoisotopic (exact) mass is 482 g/mol. The second-order valence-corrected chi connectivity index (χ2v) is 8.49. The fraction of sp³-hybridized carbons (Fsp3) is 0.619. The number of amides is 3. The van der Waals surface area contributed by atoms with Crippen LogP contribution in [0.1, 0.15) is 46.2 Å². The van der Waals surface area contributed by atoms with Crippen LogP contribution in [0, 0.1) is 11.8 Å². The summed E-state index contributed by atoms with van der Waals surface area (Å²) in [7, 11) is 0. The number of carboxylic acid groups (broad SMARTS) is 2. The van der Waals surface area contributed by atoms with Crippen molar-refractivity contribution < 1.29 is 34.2 Å². The molecule has 13 heteroatoms. The fourth-order valence-electron chi connectivity index (χ4n) is 3.10. The number of carbonyl (C=O) groups excluding carboxylic acids is 3. The number of hydrogen-bond donors (Lipinski definition) is 7. The van der Waals surface area contributed by atoms with Crippen LogP contribution in [0.25, 0.3) is 0 Å². The van der Waals surface area contributed by atoms with Crippen LogP contribution < -0.4 is 21.7 Å². The van der Waals surface area contributed by atoms with E-state index in [1.54, 1.807) is 20.8 Å². The fourth-order valence-corrected chi connectivity index (χ4v) is 3.10. The van der Waals surface area contributed by atoms with E-state index in [-0.39, 0.29) is 12.3 Å². The maximum absolute atomic E-state index is 13.1. The van der Waals surface area contributed by atoms with Crippen molar-refractivity contribution in [3.63, 3.8) is 0 Å². The van der Waals surface area contributed by atoms with Gasteiger partial charge in [0.1, 0.15) is 18.1 Å². The van der Waals surface area contributed by atoms with Crippen LogP contribution >= 0.6 is 0 Å². The van der Waals surface area contributed by atoms with Gasteiger partial charge in [0.05, 0.1) is 18.8 Å². The summed E-state index contributed by atoms with van der Waals surface area (Å²) in [5, 5.41) is 25.7. The molecule has 0 aliphatic carbocycles. The van der Waals surface area contributed by atoms with Gasteiger partial charge >= 0.3 is 11.9 Å². The molecular formula is C21H34N6O7. The van der Waals surface area contributed by atoms with E-state index in [1.165, 1.54) is 12.5 Å². The number of rotatable bonds is 14. The Kier molecular flexibility index (Phi) is 11.2. The molecule has 3 amide bonds. The molecule has 0 radical (unpaired) electrons. The average molecular weight is 483 g/mol. The van der Waals surface area contributed by atoms with Crippen molar-refractivity contribution in [2.75, 3.05) is 0 Å². The number of carboxylic acids is 2. The topological polar surface area (TPSA) is 217 Å². The Balaban J connectivity index is 3.09. The van der Waals surface area contributed by atoms with Gasteiger partial charge in [0.15, 0.2) is 0 Å². The zero-order chi connectivity index (χ0) is 26.0. The summed E-state index contributed by atoms with van der Waals surface area (Å²) in [6.07, 6.45) is 2.67. The second-order valence-electron chi connectivity index (χ2n) is 8.49. The standard InChI is InChI=1S/C21H34N6O7/c1-5-11(4)17(20(32)26-16(10(2)3)21(33)34)27-19(31)14(6-12-8-23-9-24-12)25-18(30)13(22)7-15(28)29/h8-11,13-14,16-17H,5-7,22H2,1-4H3,(H,23,24)(H,25,30)(H,26,32)(H,27,31)(H,28,29)(H,33,34). The van der Waals surface area contributed by atoms with Gasteiger partial charge in [-0.05, 0) is 11.8 Å². The highest BCUT2D eigenvalue weighted by Crippen LogP contribution is 2.11. The Morgan fingerprint density at radius 2 is 1.62 bits per heavy atom.